The average Bonchev–Trinajstić information content (AvgIpc) is 3.08. The summed E-state index contributed by atoms with van der Waals surface area (Å²) in [6, 6.07) is 14.3. The van der Waals surface area contributed by atoms with Gasteiger partial charge in [0.05, 0.1) is 30.5 Å². The number of halogens is 2. The van der Waals surface area contributed by atoms with Gasteiger partial charge in [-0.1, -0.05) is 6.07 Å². The number of rotatable bonds is 7. The Kier molecular flexibility index (Phi) is 8.11. The molecule has 0 saturated carbocycles. The summed E-state index contributed by atoms with van der Waals surface area (Å²) in [4.78, 5) is 40.0. The summed E-state index contributed by atoms with van der Waals surface area (Å²) in [5, 5.41) is 0. The molecule has 0 saturated heterocycles. The predicted octanol–water partition coefficient (Wildman–Crippen LogP) is 4.90. The number of nitrogens with zero attached hydrogens (tertiary/aromatic N) is 5. The van der Waals surface area contributed by atoms with Crippen LogP contribution in [0, 0.1) is 11.6 Å². The van der Waals surface area contributed by atoms with Gasteiger partial charge < -0.3 is 14.4 Å². The fraction of sp³-hybridized carbons (Fsp3) is 0.0938. The fourth-order valence-electron chi connectivity index (χ4n) is 4.89. The third-order valence-corrected chi connectivity index (χ3v) is 8.79. The number of anilines is 2. The van der Waals surface area contributed by atoms with E-state index < -0.39 is 32.5 Å². The van der Waals surface area contributed by atoms with Gasteiger partial charge in [-0.25, -0.2) is 22.2 Å². The molecule has 0 atom stereocenters. The average molecular weight is 644 g/mol. The zero-order valence-corrected chi connectivity index (χ0v) is 24.8. The topological polar surface area (TPSA) is 132 Å². The molecule has 0 N–H and O–H groups in total. The largest absolute Gasteiger partial charge is 0.490 e. The van der Waals surface area contributed by atoms with Crippen LogP contribution in [0.5, 0.6) is 11.6 Å². The molecule has 46 heavy (non-hydrogen) atoms. The van der Waals surface area contributed by atoms with Gasteiger partial charge in [0, 0.05) is 42.6 Å². The summed E-state index contributed by atoms with van der Waals surface area (Å²) in [7, 11) is -3.81. The summed E-state index contributed by atoms with van der Waals surface area (Å²) < 4.78 is 68.2. The summed E-state index contributed by atoms with van der Waals surface area (Å²) >= 11 is 0. The Morgan fingerprint density at radius 2 is 1.65 bits per heavy atom. The van der Waals surface area contributed by atoms with Gasteiger partial charge >= 0.3 is 0 Å². The molecule has 11 nitrogen and oxygen atoms in total. The summed E-state index contributed by atoms with van der Waals surface area (Å²) in [5.41, 5.74) is 1.11. The van der Waals surface area contributed by atoms with E-state index in [4.69, 9.17) is 9.47 Å². The quantitative estimate of drug-likeness (QED) is 0.243. The van der Waals surface area contributed by atoms with Gasteiger partial charge in [-0.2, -0.15) is 4.31 Å². The number of benzene rings is 2. The van der Waals surface area contributed by atoms with Crippen LogP contribution in [0.1, 0.15) is 20.7 Å². The molecule has 6 rings (SSSR count). The maximum Gasteiger partial charge on any atom is 0.274 e. The van der Waals surface area contributed by atoms with Crippen LogP contribution in [0.4, 0.5) is 20.2 Å². The van der Waals surface area contributed by atoms with E-state index in [1.165, 1.54) is 48.8 Å². The Balaban J connectivity index is 1.49. The van der Waals surface area contributed by atoms with Gasteiger partial charge in [-0.15, -0.1) is 0 Å². The lowest BCUT2D eigenvalue weighted by molar-refractivity contribution is 0.0974. The highest BCUT2D eigenvalue weighted by atomic mass is 32.2. The molecule has 232 valence electrons. The zero-order valence-electron chi connectivity index (χ0n) is 24.0. The first-order valence-electron chi connectivity index (χ1n) is 13.7. The number of hydrogen-bond acceptors (Lipinski definition) is 9. The van der Waals surface area contributed by atoms with Crippen LogP contribution in [0.25, 0.3) is 11.1 Å². The molecule has 1 aliphatic heterocycles. The molecule has 5 aromatic rings. The maximum atomic E-state index is 14.9. The number of sulfonamides is 1. The van der Waals surface area contributed by atoms with Crippen LogP contribution in [0.3, 0.4) is 0 Å². The second-order valence-corrected chi connectivity index (χ2v) is 11.6. The van der Waals surface area contributed by atoms with Crippen molar-refractivity contribution in [2.45, 2.75) is 4.90 Å². The van der Waals surface area contributed by atoms with E-state index in [1.54, 1.807) is 36.5 Å². The van der Waals surface area contributed by atoms with E-state index in [-0.39, 0.29) is 36.2 Å². The Bertz CT molecular complexity index is 2070. The minimum absolute atomic E-state index is 0.142. The molecular formula is C32H23F2N5O6S. The molecule has 14 heteroatoms. The lowest BCUT2D eigenvalue weighted by Gasteiger charge is -2.30. The van der Waals surface area contributed by atoms with Gasteiger partial charge in [0.25, 0.3) is 21.8 Å². The van der Waals surface area contributed by atoms with E-state index in [1.807, 2.05) is 0 Å². The maximum absolute atomic E-state index is 14.9. The van der Waals surface area contributed by atoms with Crippen molar-refractivity contribution in [1.82, 2.24) is 15.0 Å². The summed E-state index contributed by atoms with van der Waals surface area (Å²) in [6.45, 7) is 0.515. The van der Waals surface area contributed by atoms with Crippen LogP contribution in [-0.4, -0.2) is 55.4 Å². The summed E-state index contributed by atoms with van der Waals surface area (Å²) in [6.07, 6.45) is 6.94. The first-order valence-corrected chi connectivity index (χ1v) is 15.1. The minimum atomic E-state index is -5.03. The fourth-order valence-corrected chi connectivity index (χ4v) is 6.35. The van der Waals surface area contributed by atoms with Gasteiger partial charge in [0.2, 0.25) is 5.88 Å². The van der Waals surface area contributed by atoms with Crippen LogP contribution < -0.4 is 18.7 Å². The monoisotopic (exact) mass is 643 g/mol. The smallest absolute Gasteiger partial charge is 0.274 e. The Labute approximate surface area is 261 Å². The lowest BCUT2D eigenvalue weighted by atomic mass is 10.0. The van der Waals surface area contributed by atoms with Crippen molar-refractivity contribution < 1.29 is 36.3 Å². The first kappa shape index (κ1) is 30.3. The van der Waals surface area contributed by atoms with Crippen molar-refractivity contribution in [3.8, 4) is 22.8 Å². The van der Waals surface area contributed by atoms with E-state index >= 15 is 0 Å². The zero-order chi connectivity index (χ0) is 32.4. The van der Waals surface area contributed by atoms with Gasteiger partial charge in [0.15, 0.2) is 0 Å². The summed E-state index contributed by atoms with van der Waals surface area (Å²) in [5.74, 6) is -3.64. The van der Waals surface area contributed by atoms with E-state index in [9.17, 15) is 26.8 Å². The highest BCUT2D eigenvalue weighted by Crippen LogP contribution is 2.40. The van der Waals surface area contributed by atoms with Gasteiger partial charge in [-0.3, -0.25) is 19.6 Å². The first-order chi connectivity index (χ1) is 22.2. The number of pyridine rings is 3. The van der Waals surface area contributed by atoms with Crippen LogP contribution >= 0.6 is 0 Å². The molecule has 0 aliphatic carbocycles. The number of fused-ring (bicyclic) bond motifs is 1. The highest BCUT2D eigenvalue weighted by molar-refractivity contribution is 7.93. The van der Waals surface area contributed by atoms with Crippen molar-refractivity contribution in [1.29, 1.82) is 0 Å². The van der Waals surface area contributed by atoms with Crippen LogP contribution in [0.2, 0.25) is 0 Å². The second kappa shape index (κ2) is 12.3. The van der Waals surface area contributed by atoms with Crippen molar-refractivity contribution in [3.63, 3.8) is 0 Å². The van der Waals surface area contributed by atoms with E-state index in [0.29, 0.717) is 38.5 Å². The van der Waals surface area contributed by atoms with Crippen molar-refractivity contribution in [3.05, 3.63) is 120 Å². The number of ether oxygens (including phenoxy) is 2. The number of hydrogen-bond donors (Lipinski definition) is 0. The normalized spacial score (nSPS) is 12.5. The van der Waals surface area contributed by atoms with Gasteiger partial charge in [0.1, 0.15) is 34.6 Å². The Morgan fingerprint density at radius 1 is 0.913 bits per heavy atom. The van der Waals surface area contributed by atoms with Crippen LogP contribution in [-0.2, 0) is 10.0 Å². The van der Waals surface area contributed by atoms with Crippen molar-refractivity contribution in [2.24, 2.45) is 0 Å². The predicted molar refractivity (Wildman–Crippen MR) is 162 cm³/mol. The molecule has 2 aromatic carbocycles. The molecule has 0 radical (unpaired) electrons. The molecule has 2 amide bonds. The number of amides is 2. The number of methoxy groups -OCH3 is 1. The highest BCUT2D eigenvalue weighted by Gasteiger charge is 2.37. The second-order valence-electron chi connectivity index (χ2n) is 9.87. The third-order valence-electron chi connectivity index (χ3n) is 7.06. The Hall–Kier alpha value is -5.76. The third kappa shape index (κ3) is 5.61. The molecule has 1 aliphatic rings. The molecule has 3 aromatic heterocycles. The lowest BCUT2D eigenvalue weighted by Crippen LogP contribution is -2.38. The van der Waals surface area contributed by atoms with E-state index in [2.05, 4.69) is 15.0 Å². The Morgan fingerprint density at radius 3 is 2.33 bits per heavy atom. The van der Waals surface area contributed by atoms with E-state index in [0.717, 1.165) is 18.3 Å². The van der Waals surface area contributed by atoms with Crippen molar-refractivity contribution in [2.75, 3.05) is 29.5 Å². The SMILES string of the molecule is COc1ncc(-c2ccc3c(c2)N(C(=O)c2cccnc2)CCO3)cc1N(C(=O)c1cccnc1)S(=O)(=O)c1ccc(F)cc1F. The molecule has 0 unspecified atom stereocenters. The van der Waals surface area contributed by atoms with Crippen LogP contribution in [0.15, 0.2) is 103 Å². The molecule has 0 spiro atoms. The molecule has 4 heterocycles. The number of carbonyl (C=O) groups excluding carboxylic acids is 2. The number of aromatic nitrogens is 3. The minimum Gasteiger partial charge on any atom is -0.490 e. The van der Waals surface area contributed by atoms with Gasteiger partial charge in [-0.05, 0) is 60.2 Å². The molecule has 0 fully saturated rings. The van der Waals surface area contributed by atoms with Crippen molar-refractivity contribution >= 4 is 33.2 Å². The molecular weight excluding hydrogens is 620 g/mol. The molecule has 0 bridgehead atoms. The standard InChI is InChI=1S/C32H23F2N5O6S/c1-44-30-27(39(32(41)22-5-3-11-36-18-22)46(42,43)29-9-7-24(33)16-25(29)34)15-23(19-37-30)20-6-8-28-26(14-20)38(12-13-45-28)31(40)21-4-2-10-35-17-21/h2-11,14-19H,12-13H2,1H3. The number of carbonyl (C=O) groups is 2.